The van der Waals surface area contributed by atoms with Crippen molar-refractivity contribution in [2.24, 2.45) is 0 Å². The number of halogens is 1. The summed E-state index contributed by atoms with van der Waals surface area (Å²) in [5, 5.41) is 2.65. The number of amides is 1. The van der Waals surface area contributed by atoms with Gasteiger partial charge in [0.1, 0.15) is 11.4 Å². The molecular formula is C28H28FN3O4S. The first-order valence-electron chi connectivity index (χ1n) is 12.4. The number of benzene rings is 2. The van der Waals surface area contributed by atoms with Gasteiger partial charge in [-0.25, -0.2) is 9.18 Å². The minimum atomic E-state index is -0.673. The molecular weight excluding hydrogens is 493 g/mol. The summed E-state index contributed by atoms with van der Waals surface area (Å²) in [6.45, 7) is 4.02. The number of hydrogen-bond donors (Lipinski definition) is 0. The molecule has 0 spiro atoms. The van der Waals surface area contributed by atoms with Gasteiger partial charge in [0.15, 0.2) is 0 Å². The Morgan fingerprint density at radius 1 is 1.05 bits per heavy atom. The Morgan fingerprint density at radius 3 is 2.46 bits per heavy atom. The molecule has 1 aromatic heterocycles. The minimum Gasteiger partial charge on any atom is -0.462 e. The number of thioether (sulfide) groups is 1. The van der Waals surface area contributed by atoms with E-state index in [1.807, 2.05) is 45.5 Å². The maximum absolute atomic E-state index is 13.9. The summed E-state index contributed by atoms with van der Waals surface area (Å²) in [4.78, 5) is 43.8. The topological polar surface area (TPSA) is 71.8 Å². The van der Waals surface area contributed by atoms with Gasteiger partial charge in [0, 0.05) is 31.6 Å². The zero-order valence-electron chi connectivity index (χ0n) is 20.6. The molecule has 37 heavy (non-hydrogen) atoms. The van der Waals surface area contributed by atoms with Crippen molar-refractivity contribution in [3.63, 3.8) is 0 Å². The number of allylic oxidation sites excluding steroid dienone is 1. The zero-order valence-corrected chi connectivity index (χ0v) is 21.4. The van der Waals surface area contributed by atoms with Gasteiger partial charge in [0.05, 0.1) is 29.6 Å². The molecule has 5 rings (SSSR count). The molecule has 0 saturated carbocycles. The van der Waals surface area contributed by atoms with Crippen molar-refractivity contribution in [1.82, 2.24) is 9.47 Å². The molecule has 9 heteroatoms. The average molecular weight is 522 g/mol. The summed E-state index contributed by atoms with van der Waals surface area (Å²) in [6.07, 6.45) is 2.76. The Morgan fingerprint density at radius 2 is 1.78 bits per heavy atom. The van der Waals surface area contributed by atoms with Crippen LogP contribution < -0.4 is 10.5 Å². The average Bonchev–Trinajstić information content (AvgIpc) is 3.46. The molecule has 0 aliphatic carbocycles. The number of rotatable bonds is 6. The van der Waals surface area contributed by atoms with Crippen LogP contribution in [0.5, 0.6) is 0 Å². The summed E-state index contributed by atoms with van der Waals surface area (Å²) in [5.41, 5.74) is 1.48. The highest BCUT2D eigenvalue weighted by molar-refractivity contribution is 8.03. The lowest BCUT2D eigenvalue weighted by Gasteiger charge is -2.38. The summed E-state index contributed by atoms with van der Waals surface area (Å²) >= 11 is 1.55. The van der Waals surface area contributed by atoms with E-state index in [9.17, 15) is 18.8 Å². The number of fused-ring (bicyclic) bond motifs is 1. The fourth-order valence-corrected chi connectivity index (χ4v) is 5.83. The SMILES string of the molecule is CCOC(=O)c1c(N2CCN(C(=O)C3CC=CS3)CC2)c2ccccc2n(Cc2ccc(F)cc2)c1=O. The largest absolute Gasteiger partial charge is 0.462 e. The van der Waals surface area contributed by atoms with E-state index in [-0.39, 0.29) is 35.7 Å². The van der Waals surface area contributed by atoms with Crippen molar-refractivity contribution < 1.29 is 18.7 Å². The number of piperazine rings is 1. The van der Waals surface area contributed by atoms with Gasteiger partial charge >= 0.3 is 5.97 Å². The Labute approximate surface area is 218 Å². The number of anilines is 1. The maximum Gasteiger partial charge on any atom is 0.345 e. The van der Waals surface area contributed by atoms with Crippen LogP contribution in [0.25, 0.3) is 10.9 Å². The van der Waals surface area contributed by atoms with Crippen LogP contribution in [0.15, 0.2) is 64.8 Å². The van der Waals surface area contributed by atoms with Crippen molar-refractivity contribution in [2.45, 2.75) is 25.1 Å². The second-order valence-corrected chi connectivity index (χ2v) is 10.1. The predicted molar refractivity (Wildman–Crippen MR) is 144 cm³/mol. The number of para-hydroxylation sites is 1. The Kier molecular flexibility index (Phi) is 7.32. The molecule has 2 aliphatic heterocycles. The molecule has 3 heterocycles. The molecule has 2 aliphatic rings. The smallest absolute Gasteiger partial charge is 0.345 e. The van der Waals surface area contributed by atoms with E-state index in [0.29, 0.717) is 37.4 Å². The molecule has 7 nitrogen and oxygen atoms in total. The quantitative estimate of drug-likeness (QED) is 0.456. The molecule has 1 atom stereocenters. The first-order valence-corrected chi connectivity index (χ1v) is 13.3. The van der Waals surface area contributed by atoms with Gasteiger partial charge in [-0.05, 0) is 42.5 Å². The summed E-state index contributed by atoms with van der Waals surface area (Å²) < 4.78 is 20.4. The van der Waals surface area contributed by atoms with Gasteiger partial charge in [-0.1, -0.05) is 36.4 Å². The number of carbonyl (C=O) groups is 2. The highest BCUT2D eigenvalue weighted by Gasteiger charge is 2.32. The second-order valence-electron chi connectivity index (χ2n) is 9.02. The minimum absolute atomic E-state index is 0.0158. The Balaban J connectivity index is 1.55. The van der Waals surface area contributed by atoms with E-state index in [2.05, 4.69) is 0 Å². The van der Waals surface area contributed by atoms with Gasteiger partial charge in [-0.15, -0.1) is 11.8 Å². The predicted octanol–water partition coefficient (Wildman–Crippen LogP) is 4.03. The standard InChI is InChI=1S/C28H28FN3O4S/c1-2-36-28(35)24-25(30-13-15-31(16-14-30)26(33)23-8-5-17-37-23)21-6-3-4-7-22(21)32(27(24)34)18-19-9-11-20(29)12-10-19/h3-7,9-12,17,23H,2,8,13-16,18H2,1H3. The molecule has 1 saturated heterocycles. The molecule has 0 bridgehead atoms. The fourth-order valence-electron chi connectivity index (χ4n) is 4.93. The maximum atomic E-state index is 13.9. The first-order chi connectivity index (χ1) is 18.0. The van der Waals surface area contributed by atoms with Gasteiger partial charge in [-0.2, -0.15) is 0 Å². The summed E-state index contributed by atoms with van der Waals surface area (Å²) in [5.74, 6) is -0.906. The first kappa shape index (κ1) is 25.1. The monoisotopic (exact) mass is 521 g/mol. The number of ether oxygens (including phenoxy) is 1. The lowest BCUT2D eigenvalue weighted by molar-refractivity contribution is -0.130. The number of pyridine rings is 1. The number of aromatic nitrogens is 1. The normalized spacial score (nSPS) is 17.4. The molecule has 3 aromatic rings. The molecule has 192 valence electrons. The van der Waals surface area contributed by atoms with Gasteiger partial charge in [0.25, 0.3) is 5.56 Å². The van der Waals surface area contributed by atoms with E-state index in [4.69, 9.17) is 4.74 Å². The molecule has 1 fully saturated rings. The molecule has 0 N–H and O–H groups in total. The van der Waals surface area contributed by atoms with Crippen molar-refractivity contribution in [3.8, 4) is 0 Å². The van der Waals surface area contributed by atoms with Gasteiger partial charge in [0.2, 0.25) is 5.91 Å². The van der Waals surface area contributed by atoms with Gasteiger partial charge < -0.3 is 19.1 Å². The lowest BCUT2D eigenvalue weighted by atomic mass is 10.0. The number of esters is 1. The van der Waals surface area contributed by atoms with Crippen molar-refractivity contribution in [3.05, 3.63) is 87.3 Å². The van der Waals surface area contributed by atoms with Crippen molar-refractivity contribution >= 4 is 40.2 Å². The van der Waals surface area contributed by atoms with Crippen LogP contribution in [-0.2, 0) is 16.1 Å². The fraction of sp³-hybridized carbons (Fsp3) is 0.321. The summed E-state index contributed by atoms with van der Waals surface area (Å²) in [6, 6.07) is 13.4. The van der Waals surface area contributed by atoms with Crippen LogP contribution >= 0.6 is 11.8 Å². The van der Waals surface area contributed by atoms with Crippen LogP contribution in [0, 0.1) is 5.82 Å². The van der Waals surface area contributed by atoms with Crippen LogP contribution in [0.1, 0.15) is 29.3 Å². The van der Waals surface area contributed by atoms with Gasteiger partial charge in [-0.3, -0.25) is 9.59 Å². The van der Waals surface area contributed by atoms with Crippen molar-refractivity contribution in [1.29, 1.82) is 0 Å². The highest BCUT2D eigenvalue weighted by atomic mass is 32.2. The van der Waals surface area contributed by atoms with E-state index < -0.39 is 11.5 Å². The number of nitrogens with zero attached hydrogens (tertiary/aromatic N) is 3. The van der Waals surface area contributed by atoms with Crippen LogP contribution in [0.3, 0.4) is 0 Å². The highest BCUT2D eigenvalue weighted by Crippen LogP contribution is 2.32. The molecule has 1 unspecified atom stereocenters. The van der Waals surface area contributed by atoms with E-state index >= 15 is 0 Å². The van der Waals surface area contributed by atoms with E-state index in [1.54, 1.807) is 35.4 Å². The number of hydrogen-bond acceptors (Lipinski definition) is 6. The van der Waals surface area contributed by atoms with E-state index in [1.165, 1.54) is 12.1 Å². The van der Waals surface area contributed by atoms with Crippen LogP contribution in [0.2, 0.25) is 0 Å². The molecule has 0 radical (unpaired) electrons. The third kappa shape index (κ3) is 5.00. The summed E-state index contributed by atoms with van der Waals surface area (Å²) in [7, 11) is 0. The van der Waals surface area contributed by atoms with Crippen LogP contribution in [-0.4, -0.2) is 59.4 Å². The number of carbonyl (C=O) groups excluding carboxylic acids is 2. The Bertz CT molecular complexity index is 1400. The lowest BCUT2D eigenvalue weighted by Crippen LogP contribution is -2.51. The third-order valence-corrected chi connectivity index (χ3v) is 7.82. The second kappa shape index (κ2) is 10.8. The van der Waals surface area contributed by atoms with E-state index in [0.717, 1.165) is 17.4 Å². The third-order valence-electron chi connectivity index (χ3n) is 6.75. The Hall–Kier alpha value is -3.59. The zero-order chi connectivity index (χ0) is 25.9. The molecule has 2 aromatic carbocycles. The van der Waals surface area contributed by atoms with Crippen molar-refractivity contribution in [2.75, 3.05) is 37.7 Å². The molecule has 1 amide bonds. The van der Waals surface area contributed by atoms with Crippen LogP contribution in [0.4, 0.5) is 10.1 Å².